The van der Waals surface area contributed by atoms with Crippen LogP contribution in [0.15, 0.2) is 23.7 Å². The van der Waals surface area contributed by atoms with Crippen LogP contribution in [0.25, 0.3) is 10.6 Å². The van der Waals surface area contributed by atoms with E-state index < -0.39 is 0 Å². The molecule has 0 amide bonds. The van der Waals surface area contributed by atoms with Gasteiger partial charge in [-0.25, -0.2) is 0 Å². The molecule has 0 radical (unpaired) electrons. The van der Waals surface area contributed by atoms with Gasteiger partial charge in [0.05, 0.1) is 29.5 Å². The highest BCUT2D eigenvalue weighted by Gasteiger charge is 2.13. The number of nitrogens with one attached hydrogen (secondary N) is 2. The molecule has 0 spiro atoms. The van der Waals surface area contributed by atoms with Gasteiger partial charge in [-0.15, -0.1) is 11.3 Å². The molecule has 3 rings (SSSR count). The molecule has 0 bridgehead atoms. The van der Waals surface area contributed by atoms with E-state index >= 15 is 0 Å². The Morgan fingerprint density at radius 3 is 3.05 bits per heavy atom. The van der Waals surface area contributed by atoms with Crippen molar-refractivity contribution < 1.29 is 4.74 Å². The third-order valence-corrected chi connectivity index (χ3v) is 4.87. The normalized spacial score (nSPS) is 16.4. The van der Waals surface area contributed by atoms with Crippen LogP contribution in [0.4, 0.5) is 0 Å². The van der Waals surface area contributed by atoms with Crippen LogP contribution in [-0.2, 0) is 11.3 Å². The van der Waals surface area contributed by atoms with Crippen molar-refractivity contribution in [3.63, 3.8) is 0 Å². The first-order valence-corrected chi connectivity index (χ1v) is 8.70. The van der Waals surface area contributed by atoms with Crippen LogP contribution in [0.1, 0.15) is 37.7 Å². The molecule has 1 fully saturated rings. The monoisotopic (exact) mass is 305 g/mol. The zero-order valence-corrected chi connectivity index (χ0v) is 13.1. The zero-order chi connectivity index (χ0) is 14.3. The molecule has 0 aromatic carbocycles. The fraction of sp³-hybridized carbons (Fsp3) is 0.562. The molecule has 0 atom stereocenters. The van der Waals surface area contributed by atoms with Crippen molar-refractivity contribution in [2.24, 2.45) is 0 Å². The molecular weight excluding hydrogens is 282 g/mol. The molecule has 2 N–H and O–H groups in total. The zero-order valence-electron chi connectivity index (χ0n) is 12.3. The van der Waals surface area contributed by atoms with Crippen LogP contribution in [0, 0.1) is 0 Å². The van der Waals surface area contributed by atoms with E-state index in [4.69, 9.17) is 4.74 Å². The minimum Gasteiger partial charge on any atom is -0.377 e. The number of rotatable bonds is 7. The Bertz CT molecular complexity index is 517. The summed E-state index contributed by atoms with van der Waals surface area (Å²) >= 11 is 1.73. The fourth-order valence-electron chi connectivity index (χ4n) is 2.83. The molecule has 2 aromatic heterocycles. The van der Waals surface area contributed by atoms with Crippen molar-refractivity contribution in [3.8, 4) is 10.6 Å². The summed E-state index contributed by atoms with van der Waals surface area (Å²) in [5.41, 5.74) is 2.35. The summed E-state index contributed by atoms with van der Waals surface area (Å²) < 4.78 is 5.92. The van der Waals surface area contributed by atoms with Crippen LogP contribution in [0.5, 0.6) is 0 Å². The van der Waals surface area contributed by atoms with E-state index in [9.17, 15) is 0 Å². The molecule has 114 valence electrons. The van der Waals surface area contributed by atoms with Crippen molar-refractivity contribution in [3.05, 3.63) is 29.3 Å². The van der Waals surface area contributed by atoms with Gasteiger partial charge < -0.3 is 10.1 Å². The van der Waals surface area contributed by atoms with Gasteiger partial charge in [0, 0.05) is 18.7 Å². The number of H-pyrrole nitrogens is 1. The highest BCUT2D eigenvalue weighted by Crippen LogP contribution is 2.25. The number of ether oxygens (including phenoxy) is 1. The van der Waals surface area contributed by atoms with E-state index in [-0.39, 0.29) is 0 Å². The summed E-state index contributed by atoms with van der Waals surface area (Å²) in [6.07, 6.45) is 8.92. The number of aromatic amines is 1. The Morgan fingerprint density at radius 1 is 1.33 bits per heavy atom. The summed E-state index contributed by atoms with van der Waals surface area (Å²) in [7, 11) is 0. The van der Waals surface area contributed by atoms with E-state index in [0.717, 1.165) is 25.4 Å². The Labute approximate surface area is 129 Å². The number of aromatic nitrogens is 2. The molecule has 0 aliphatic heterocycles. The second kappa shape index (κ2) is 7.73. The first-order chi connectivity index (χ1) is 10.4. The summed E-state index contributed by atoms with van der Waals surface area (Å²) in [6, 6.07) is 4.18. The standard InChI is InChI=1S/C16H23N3OS/c1-2-5-14(6-3-1)20-9-8-17-11-13-12-18-19-16(13)15-7-4-10-21-15/h4,7,10,12,14,17H,1-3,5-6,8-9,11H2,(H,18,19). The molecule has 4 nitrogen and oxygen atoms in total. The minimum atomic E-state index is 0.496. The van der Waals surface area contributed by atoms with Crippen molar-refractivity contribution >= 4 is 11.3 Å². The molecular formula is C16H23N3OS. The molecule has 2 aromatic rings. The van der Waals surface area contributed by atoms with Gasteiger partial charge in [-0.2, -0.15) is 5.10 Å². The lowest BCUT2D eigenvalue weighted by Crippen LogP contribution is -2.24. The predicted octanol–water partition coefficient (Wildman–Crippen LogP) is 3.58. The van der Waals surface area contributed by atoms with Crippen molar-refractivity contribution in [1.82, 2.24) is 15.5 Å². The van der Waals surface area contributed by atoms with Crippen LogP contribution in [-0.4, -0.2) is 29.5 Å². The van der Waals surface area contributed by atoms with Crippen molar-refractivity contribution in [2.45, 2.75) is 44.8 Å². The van der Waals surface area contributed by atoms with Gasteiger partial charge in [0.15, 0.2) is 0 Å². The topological polar surface area (TPSA) is 49.9 Å². The highest BCUT2D eigenvalue weighted by atomic mass is 32.1. The van der Waals surface area contributed by atoms with Gasteiger partial charge in [0.25, 0.3) is 0 Å². The van der Waals surface area contributed by atoms with E-state index in [0.29, 0.717) is 6.10 Å². The SMILES string of the molecule is c1csc(-c2[nH]ncc2CNCCOC2CCCCC2)c1. The lowest BCUT2D eigenvalue weighted by Gasteiger charge is -2.22. The highest BCUT2D eigenvalue weighted by molar-refractivity contribution is 7.13. The average molecular weight is 305 g/mol. The van der Waals surface area contributed by atoms with Gasteiger partial charge >= 0.3 is 0 Å². The lowest BCUT2D eigenvalue weighted by atomic mass is 9.98. The Hall–Kier alpha value is -1.17. The minimum absolute atomic E-state index is 0.496. The van der Waals surface area contributed by atoms with Gasteiger partial charge in [-0.05, 0) is 24.3 Å². The maximum atomic E-state index is 5.92. The number of nitrogens with zero attached hydrogens (tertiary/aromatic N) is 1. The summed E-state index contributed by atoms with van der Waals surface area (Å²) in [4.78, 5) is 1.24. The van der Waals surface area contributed by atoms with Crippen LogP contribution in [0.2, 0.25) is 0 Å². The van der Waals surface area contributed by atoms with Crippen LogP contribution in [0.3, 0.4) is 0 Å². The fourth-order valence-corrected chi connectivity index (χ4v) is 3.59. The maximum absolute atomic E-state index is 5.92. The third-order valence-electron chi connectivity index (χ3n) is 3.99. The average Bonchev–Trinajstić information content (AvgIpc) is 3.19. The Kier molecular flexibility index (Phi) is 5.43. The molecule has 21 heavy (non-hydrogen) atoms. The molecule has 0 saturated heterocycles. The predicted molar refractivity (Wildman–Crippen MR) is 86.4 cm³/mol. The van der Waals surface area contributed by atoms with E-state index in [1.54, 1.807) is 11.3 Å². The van der Waals surface area contributed by atoms with E-state index in [1.807, 2.05) is 6.20 Å². The Balaban J connectivity index is 1.39. The van der Waals surface area contributed by atoms with Gasteiger partial charge in [-0.3, -0.25) is 5.10 Å². The van der Waals surface area contributed by atoms with Crippen LogP contribution >= 0.6 is 11.3 Å². The molecule has 0 unspecified atom stereocenters. The third kappa shape index (κ3) is 4.15. The second-order valence-corrected chi connectivity index (χ2v) is 6.50. The summed E-state index contributed by atoms with van der Waals surface area (Å²) in [6.45, 7) is 2.53. The van der Waals surface area contributed by atoms with Gasteiger partial charge in [-0.1, -0.05) is 25.3 Å². The maximum Gasteiger partial charge on any atom is 0.0794 e. The second-order valence-electron chi connectivity index (χ2n) is 5.56. The molecule has 1 aliphatic rings. The number of hydrogen-bond acceptors (Lipinski definition) is 4. The molecule has 1 aliphatic carbocycles. The molecule has 1 saturated carbocycles. The van der Waals surface area contributed by atoms with E-state index in [1.165, 1.54) is 42.5 Å². The lowest BCUT2D eigenvalue weighted by molar-refractivity contribution is 0.0302. The number of hydrogen-bond donors (Lipinski definition) is 2. The van der Waals surface area contributed by atoms with Gasteiger partial charge in [0.2, 0.25) is 0 Å². The Morgan fingerprint density at radius 2 is 2.24 bits per heavy atom. The first-order valence-electron chi connectivity index (χ1n) is 7.82. The summed E-state index contributed by atoms with van der Waals surface area (Å²) in [5.74, 6) is 0. The van der Waals surface area contributed by atoms with Crippen LogP contribution < -0.4 is 5.32 Å². The molecule has 2 heterocycles. The largest absolute Gasteiger partial charge is 0.377 e. The first kappa shape index (κ1) is 14.8. The quantitative estimate of drug-likeness (QED) is 0.769. The van der Waals surface area contributed by atoms with Crippen molar-refractivity contribution in [1.29, 1.82) is 0 Å². The molecule has 5 heteroatoms. The summed E-state index contributed by atoms with van der Waals surface area (Å²) in [5, 5.41) is 12.8. The number of thiophene rings is 1. The van der Waals surface area contributed by atoms with Crippen molar-refractivity contribution in [2.75, 3.05) is 13.2 Å². The van der Waals surface area contributed by atoms with E-state index in [2.05, 4.69) is 33.0 Å². The van der Waals surface area contributed by atoms with Gasteiger partial charge in [0.1, 0.15) is 0 Å². The smallest absolute Gasteiger partial charge is 0.0794 e.